The Morgan fingerprint density at radius 1 is 1.15 bits per heavy atom. The van der Waals surface area contributed by atoms with Crippen molar-refractivity contribution >= 4 is 48.5 Å². The highest BCUT2D eigenvalue weighted by Crippen LogP contribution is 2.47. The molecule has 1 saturated carbocycles. The SMILES string of the molecule is CNC(=O)c1c(-c2ccc(F)cc2)oc2cc(NS(=O)(=O)CCCC(O)c3cccc(F)c3Br)c(C3CC3)cc12. The number of carbonyl (C=O) groups excluding carboxylic acids is 1. The second kappa shape index (κ2) is 11.3. The Kier molecular flexibility index (Phi) is 7.98. The van der Waals surface area contributed by atoms with Gasteiger partial charge in [-0.05, 0) is 95.1 Å². The lowest BCUT2D eigenvalue weighted by molar-refractivity contribution is 0.0964. The molecular weight excluding hydrogens is 606 g/mol. The number of nitrogens with one attached hydrogen (secondary N) is 2. The van der Waals surface area contributed by atoms with Crippen LogP contribution in [0.25, 0.3) is 22.3 Å². The molecule has 3 aromatic carbocycles. The number of hydrogen-bond donors (Lipinski definition) is 3. The average molecular weight is 634 g/mol. The molecule has 1 amide bonds. The third-order valence-electron chi connectivity index (χ3n) is 6.93. The summed E-state index contributed by atoms with van der Waals surface area (Å²) in [6.07, 6.45) is 0.984. The molecule has 1 atom stereocenters. The number of benzene rings is 3. The van der Waals surface area contributed by atoms with Crippen molar-refractivity contribution < 1.29 is 31.5 Å². The summed E-state index contributed by atoms with van der Waals surface area (Å²) in [6.45, 7) is 0. The van der Waals surface area contributed by atoms with Crippen LogP contribution < -0.4 is 10.0 Å². The summed E-state index contributed by atoms with van der Waals surface area (Å²) >= 11 is 3.13. The zero-order valence-electron chi connectivity index (χ0n) is 21.5. The van der Waals surface area contributed by atoms with E-state index in [9.17, 15) is 27.1 Å². The maximum atomic E-state index is 13.8. The molecule has 0 aliphatic heterocycles. The van der Waals surface area contributed by atoms with Crippen LogP contribution in [-0.2, 0) is 10.0 Å². The van der Waals surface area contributed by atoms with Gasteiger partial charge in [-0.15, -0.1) is 0 Å². The van der Waals surface area contributed by atoms with E-state index in [-0.39, 0.29) is 46.2 Å². The van der Waals surface area contributed by atoms with Gasteiger partial charge >= 0.3 is 0 Å². The Labute approximate surface area is 238 Å². The summed E-state index contributed by atoms with van der Waals surface area (Å²) in [4.78, 5) is 12.9. The van der Waals surface area contributed by atoms with Gasteiger partial charge in [-0.25, -0.2) is 17.2 Å². The van der Waals surface area contributed by atoms with Gasteiger partial charge in [0.25, 0.3) is 5.91 Å². The van der Waals surface area contributed by atoms with Crippen LogP contribution >= 0.6 is 15.9 Å². The molecule has 1 heterocycles. The monoisotopic (exact) mass is 632 g/mol. The average Bonchev–Trinajstić information content (AvgIpc) is 3.70. The van der Waals surface area contributed by atoms with Crippen LogP contribution in [0.3, 0.4) is 0 Å². The van der Waals surface area contributed by atoms with E-state index in [1.54, 1.807) is 18.2 Å². The first-order valence-corrected chi connectivity index (χ1v) is 15.2. The van der Waals surface area contributed by atoms with E-state index in [2.05, 4.69) is 26.0 Å². The summed E-state index contributed by atoms with van der Waals surface area (Å²) in [5.41, 5.74) is 2.59. The molecular formula is C29H27BrF2N2O5S. The van der Waals surface area contributed by atoms with Gasteiger partial charge in [-0.3, -0.25) is 9.52 Å². The molecule has 4 aromatic rings. The van der Waals surface area contributed by atoms with Gasteiger partial charge in [0.1, 0.15) is 23.0 Å². The minimum absolute atomic E-state index is 0.117. The van der Waals surface area contributed by atoms with Gasteiger partial charge in [0.2, 0.25) is 10.0 Å². The van der Waals surface area contributed by atoms with E-state index in [1.165, 1.54) is 43.4 Å². The molecule has 210 valence electrons. The lowest BCUT2D eigenvalue weighted by Crippen LogP contribution is -2.19. The van der Waals surface area contributed by atoms with Gasteiger partial charge in [0.05, 0.1) is 27.6 Å². The lowest BCUT2D eigenvalue weighted by Gasteiger charge is -2.15. The first-order valence-electron chi connectivity index (χ1n) is 12.8. The molecule has 1 aliphatic rings. The molecule has 0 bridgehead atoms. The van der Waals surface area contributed by atoms with Crippen molar-refractivity contribution in [3.63, 3.8) is 0 Å². The maximum absolute atomic E-state index is 13.8. The molecule has 3 N–H and O–H groups in total. The molecule has 7 nitrogen and oxygen atoms in total. The number of fused-ring (bicyclic) bond motifs is 1. The van der Waals surface area contributed by atoms with E-state index in [1.807, 2.05) is 0 Å². The summed E-state index contributed by atoms with van der Waals surface area (Å²) in [7, 11) is -2.31. The van der Waals surface area contributed by atoms with Crippen molar-refractivity contribution in [3.8, 4) is 11.3 Å². The summed E-state index contributed by atoms with van der Waals surface area (Å²) in [5.74, 6) is -1.18. The predicted molar refractivity (Wildman–Crippen MR) is 153 cm³/mol. The van der Waals surface area contributed by atoms with Crippen LogP contribution in [0.5, 0.6) is 0 Å². The summed E-state index contributed by atoms with van der Waals surface area (Å²) in [6, 6.07) is 13.3. The van der Waals surface area contributed by atoms with E-state index < -0.39 is 27.8 Å². The van der Waals surface area contributed by atoms with Crippen molar-refractivity contribution in [1.29, 1.82) is 0 Å². The van der Waals surface area contributed by atoms with Crippen LogP contribution in [0.2, 0.25) is 0 Å². The molecule has 1 unspecified atom stereocenters. The van der Waals surface area contributed by atoms with E-state index in [4.69, 9.17) is 4.42 Å². The van der Waals surface area contributed by atoms with E-state index in [0.717, 1.165) is 18.4 Å². The topological polar surface area (TPSA) is 109 Å². The number of carbonyl (C=O) groups is 1. The van der Waals surface area contributed by atoms with Gasteiger partial charge in [-0.1, -0.05) is 12.1 Å². The Hall–Kier alpha value is -3.28. The fraction of sp³-hybridized carbons (Fsp3) is 0.276. The zero-order chi connectivity index (χ0) is 28.6. The third-order valence-corrected chi connectivity index (χ3v) is 9.13. The van der Waals surface area contributed by atoms with Crippen LogP contribution in [0.4, 0.5) is 14.5 Å². The largest absolute Gasteiger partial charge is 0.455 e. The Morgan fingerprint density at radius 2 is 1.88 bits per heavy atom. The van der Waals surface area contributed by atoms with E-state index >= 15 is 0 Å². The lowest BCUT2D eigenvalue weighted by atomic mass is 10.0. The van der Waals surface area contributed by atoms with E-state index in [0.29, 0.717) is 27.8 Å². The molecule has 0 spiro atoms. The quantitative estimate of drug-likeness (QED) is 0.182. The molecule has 5 rings (SSSR count). The van der Waals surface area contributed by atoms with Crippen molar-refractivity contribution in [1.82, 2.24) is 5.32 Å². The smallest absolute Gasteiger partial charge is 0.255 e. The Balaban J connectivity index is 1.42. The van der Waals surface area contributed by atoms with Gasteiger partial charge in [-0.2, -0.15) is 0 Å². The molecule has 0 saturated heterocycles. The number of aliphatic hydroxyl groups excluding tert-OH is 1. The van der Waals surface area contributed by atoms with Crippen molar-refractivity contribution in [2.45, 2.75) is 37.7 Å². The number of amides is 1. The van der Waals surface area contributed by atoms with Gasteiger partial charge in [0, 0.05) is 24.1 Å². The normalized spacial score (nSPS) is 14.3. The third kappa shape index (κ3) is 5.91. The highest BCUT2D eigenvalue weighted by atomic mass is 79.9. The number of rotatable bonds is 10. The molecule has 0 radical (unpaired) electrons. The highest BCUT2D eigenvalue weighted by Gasteiger charge is 2.31. The fourth-order valence-corrected chi connectivity index (χ4v) is 6.44. The number of halogens is 3. The number of hydrogen-bond acceptors (Lipinski definition) is 5. The Bertz CT molecular complexity index is 1690. The number of sulfonamides is 1. The standard InChI is InChI=1S/C29H27BrF2N2O5S/c1-33-29(36)26-21-14-20(16-7-8-16)23(15-25(21)39-28(26)17-9-11-18(31)12-10-17)34-40(37,38)13-3-6-24(35)19-4-2-5-22(32)27(19)30/h2,4-5,9-12,14-16,24,34-35H,3,6-8,13H2,1H3,(H,33,36). The minimum atomic E-state index is -3.82. The van der Waals surface area contributed by atoms with Crippen molar-refractivity contribution in [2.24, 2.45) is 0 Å². The highest BCUT2D eigenvalue weighted by molar-refractivity contribution is 9.10. The predicted octanol–water partition coefficient (Wildman–Crippen LogP) is 6.63. The second-order valence-electron chi connectivity index (χ2n) is 9.82. The van der Waals surface area contributed by atoms with Crippen LogP contribution in [-0.4, -0.2) is 32.2 Å². The summed E-state index contributed by atoms with van der Waals surface area (Å²) in [5, 5.41) is 13.6. The van der Waals surface area contributed by atoms with Crippen LogP contribution in [0.15, 0.2) is 63.5 Å². The second-order valence-corrected chi connectivity index (χ2v) is 12.5. The molecule has 11 heteroatoms. The van der Waals surface area contributed by atoms with Gasteiger partial charge in [0.15, 0.2) is 0 Å². The Morgan fingerprint density at radius 3 is 2.55 bits per heavy atom. The molecule has 1 aromatic heterocycles. The van der Waals surface area contributed by atoms with Crippen molar-refractivity contribution in [3.05, 3.63) is 87.4 Å². The molecule has 1 fully saturated rings. The van der Waals surface area contributed by atoms with Crippen LogP contribution in [0, 0.1) is 11.6 Å². The van der Waals surface area contributed by atoms with Crippen molar-refractivity contribution in [2.75, 3.05) is 17.5 Å². The summed E-state index contributed by atoms with van der Waals surface area (Å²) < 4.78 is 62.3. The maximum Gasteiger partial charge on any atom is 0.255 e. The zero-order valence-corrected chi connectivity index (χ0v) is 23.9. The number of furan rings is 1. The molecule has 40 heavy (non-hydrogen) atoms. The van der Waals surface area contributed by atoms with Crippen LogP contribution in [0.1, 0.15) is 59.2 Å². The van der Waals surface area contributed by atoms with Gasteiger partial charge < -0.3 is 14.8 Å². The first-order chi connectivity index (χ1) is 19.1. The number of aliphatic hydroxyl groups is 1. The molecule has 1 aliphatic carbocycles. The number of anilines is 1. The first kappa shape index (κ1) is 28.3. The fourth-order valence-electron chi connectivity index (χ4n) is 4.75. The minimum Gasteiger partial charge on any atom is -0.455 e.